The van der Waals surface area contributed by atoms with Gasteiger partial charge in [-0.05, 0) is 49.1 Å². The fourth-order valence-electron chi connectivity index (χ4n) is 4.33. The van der Waals surface area contributed by atoms with Gasteiger partial charge in [-0.1, -0.05) is 24.3 Å². The molecular weight excluding hydrogens is 485 g/mol. The second-order valence-corrected chi connectivity index (χ2v) is 9.00. The molecule has 1 aliphatic rings. The molecule has 0 aliphatic carbocycles. The van der Waals surface area contributed by atoms with Crippen molar-refractivity contribution < 1.29 is 27.5 Å². The fraction of sp³-hybridized carbons (Fsp3) is 0.333. The molecule has 3 aromatic rings. The van der Waals surface area contributed by atoms with Crippen LogP contribution in [0.2, 0.25) is 0 Å². The highest BCUT2D eigenvalue weighted by atomic mass is 19.4. The predicted molar refractivity (Wildman–Crippen MR) is 131 cm³/mol. The van der Waals surface area contributed by atoms with E-state index in [-0.39, 0.29) is 30.3 Å². The quantitative estimate of drug-likeness (QED) is 0.358. The highest BCUT2D eigenvalue weighted by Crippen LogP contribution is 2.36. The number of halogens is 3. The van der Waals surface area contributed by atoms with Crippen LogP contribution in [0.25, 0.3) is 0 Å². The predicted octanol–water partition coefficient (Wildman–Crippen LogP) is 5.32. The van der Waals surface area contributed by atoms with Crippen molar-refractivity contribution in [2.75, 3.05) is 18.5 Å². The van der Waals surface area contributed by atoms with Gasteiger partial charge in [0.25, 0.3) is 0 Å². The lowest BCUT2D eigenvalue weighted by Gasteiger charge is -2.26. The molecule has 37 heavy (non-hydrogen) atoms. The number of benzene rings is 2. The van der Waals surface area contributed by atoms with E-state index in [4.69, 9.17) is 4.74 Å². The van der Waals surface area contributed by atoms with E-state index in [1.165, 1.54) is 36.8 Å². The van der Waals surface area contributed by atoms with Gasteiger partial charge in [0.2, 0.25) is 5.91 Å². The van der Waals surface area contributed by atoms with Crippen molar-refractivity contribution in [2.24, 2.45) is 5.41 Å². The topological polar surface area (TPSA) is 93.2 Å². The van der Waals surface area contributed by atoms with Gasteiger partial charge >= 0.3 is 6.18 Å². The number of anilines is 2. The molecule has 2 heterocycles. The molecule has 0 bridgehead atoms. The zero-order valence-electron chi connectivity index (χ0n) is 20.1. The largest absolute Gasteiger partial charge is 0.418 e. The van der Waals surface area contributed by atoms with E-state index in [1.807, 2.05) is 0 Å². The van der Waals surface area contributed by atoms with Gasteiger partial charge in [-0.3, -0.25) is 14.6 Å². The Morgan fingerprint density at radius 3 is 2.51 bits per heavy atom. The molecule has 0 radical (unpaired) electrons. The number of carbonyl (C=O) groups excluding carboxylic acids is 2. The molecule has 0 spiro atoms. The molecule has 194 valence electrons. The minimum Gasteiger partial charge on any atom is -0.380 e. The molecular formula is C27H27F3N4O3. The Morgan fingerprint density at radius 2 is 1.84 bits per heavy atom. The Kier molecular flexibility index (Phi) is 8.17. The van der Waals surface area contributed by atoms with Gasteiger partial charge < -0.3 is 15.4 Å². The number of Topliss-reactive ketones (excluding diaryl/α,β-unsaturated/α-hetero) is 1. The zero-order valence-corrected chi connectivity index (χ0v) is 20.1. The number of ether oxygens (including phenoxy) is 1. The summed E-state index contributed by atoms with van der Waals surface area (Å²) in [7, 11) is 0. The van der Waals surface area contributed by atoms with Gasteiger partial charge in [-0.25, -0.2) is 4.98 Å². The van der Waals surface area contributed by atoms with Crippen LogP contribution in [0.5, 0.6) is 0 Å². The number of aromatic nitrogens is 2. The third-order valence-corrected chi connectivity index (χ3v) is 6.41. The molecule has 1 unspecified atom stereocenters. The van der Waals surface area contributed by atoms with E-state index in [0.717, 1.165) is 11.6 Å². The summed E-state index contributed by atoms with van der Waals surface area (Å²) in [5.74, 6) is -0.257. The summed E-state index contributed by atoms with van der Waals surface area (Å²) in [6, 6.07) is 12.1. The first-order chi connectivity index (χ1) is 17.8. The van der Waals surface area contributed by atoms with Gasteiger partial charge in [0.1, 0.15) is 5.69 Å². The van der Waals surface area contributed by atoms with E-state index in [9.17, 15) is 22.8 Å². The highest BCUT2D eigenvalue weighted by molar-refractivity contribution is 5.93. The molecule has 2 aromatic carbocycles. The van der Waals surface area contributed by atoms with Crippen molar-refractivity contribution >= 4 is 23.1 Å². The Hall–Kier alpha value is -3.79. The van der Waals surface area contributed by atoms with Crippen LogP contribution in [0.3, 0.4) is 0 Å². The Bertz CT molecular complexity index is 1210. The molecule has 1 fully saturated rings. The summed E-state index contributed by atoms with van der Waals surface area (Å²) < 4.78 is 45.2. The first-order valence-electron chi connectivity index (χ1n) is 11.9. The molecule has 10 heteroatoms. The van der Waals surface area contributed by atoms with Crippen LogP contribution < -0.4 is 10.6 Å². The minimum atomic E-state index is -4.46. The molecule has 4 rings (SSSR count). The van der Waals surface area contributed by atoms with Crippen LogP contribution in [0.4, 0.5) is 24.5 Å². The number of hydrogen-bond donors (Lipinski definition) is 2. The number of amides is 1. The fourth-order valence-corrected chi connectivity index (χ4v) is 4.33. The maximum atomic E-state index is 13.2. The maximum absolute atomic E-state index is 13.2. The van der Waals surface area contributed by atoms with Crippen LogP contribution in [0.1, 0.15) is 47.3 Å². The third-order valence-electron chi connectivity index (χ3n) is 6.41. The van der Waals surface area contributed by atoms with Crippen molar-refractivity contribution in [1.82, 2.24) is 15.3 Å². The lowest BCUT2D eigenvalue weighted by molar-refractivity contribution is -0.137. The molecule has 1 aromatic heterocycles. The number of nitrogens with one attached hydrogen (secondary N) is 2. The van der Waals surface area contributed by atoms with Crippen LogP contribution in [0, 0.1) is 5.41 Å². The van der Waals surface area contributed by atoms with Crippen molar-refractivity contribution in [3.8, 4) is 0 Å². The average Bonchev–Trinajstić information content (AvgIpc) is 3.38. The standard InChI is InChI=1S/C27H27F3N4O3/c28-27(29,30)21-4-1-2-5-22(21)34-20-9-7-19(8-10-20)16-33-25(36)26(12-15-37-18-26)11-3-6-24(35)23-17-31-13-14-32-23/h1-2,4-5,7-10,13-14,17,34H,3,6,11-12,15-16,18H2,(H,33,36). The highest BCUT2D eigenvalue weighted by Gasteiger charge is 2.41. The summed E-state index contributed by atoms with van der Waals surface area (Å²) in [6.45, 7) is 1.03. The summed E-state index contributed by atoms with van der Waals surface area (Å²) in [4.78, 5) is 33.4. The monoisotopic (exact) mass is 512 g/mol. The molecule has 2 N–H and O–H groups in total. The Morgan fingerprint density at radius 1 is 1.05 bits per heavy atom. The van der Waals surface area contributed by atoms with Gasteiger partial charge in [-0.15, -0.1) is 0 Å². The smallest absolute Gasteiger partial charge is 0.380 e. The first-order valence-corrected chi connectivity index (χ1v) is 11.9. The van der Waals surface area contributed by atoms with E-state index < -0.39 is 17.2 Å². The van der Waals surface area contributed by atoms with Crippen LogP contribution in [-0.2, 0) is 22.3 Å². The van der Waals surface area contributed by atoms with Crippen molar-refractivity contribution in [3.63, 3.8) is 0 Å². The van der Waals surface area contributed by atoms with Crippen molar-refractivity contribution in [2.45, 2.75) is 38.4 Å². The second-order valence-electron chi connectivity index (χ2n) is 9.00. The molecule has 1 atom stereocenters. The third kappa shape index (κ3) is 6.71. The number of ketones is 1. The Balaban J connectivity index is 1.31. The lowest BCUT2D eigenvalue weighted by atomic mass is 9.80. The normalized spacial score (nSPS) is 17.4. The zero-order chi connectivity index (χ0) is 26.3. The van der Waals surface area contributed by atoms with Crippen LogP contribution >= 0.6 is 0 Å². The molecule has 1 saturated heterocycles. The summed E-state index contributed by atoms with van der Waals surface area (Å²) in [5.41, 5.74) is 0.135. The van der Waals surface area contributed by atoms with Gasteiger partial charge in [0, 0.05) is 37.7 Å². The van der Waals surface area contributed by atoms with E-state index in [1.54, 1.807) is 24.3 Å². The van der Waals surface area contributed by atoms with E-state index in [2.05, 4.69) is 20.6 Å². The average molecular weight is 513 g/mol. The number of alkyl halides is 3. The van der Waals surface area contributed by atoms with Crippen molar-refractivity contribution in [1.29, 1.82) is 0 Å². The SMILES string of the molecule is O=C(CCCC1(C(=O)NCc2ccc(Nc3ccccc3C(F)(F)F)cc2)CCOC1)c1cnccn1. The number of para-hydroxylation sites is 1. The van der Waals surface area contributed by atoms with Gasteiger partial charge in [0.15, 0.2) is 5.78 Å². The van der Waals surface area contributed by atoms with Crippen molar-refractivity contribution in [3.05, 3.63) is 83.9 Å². The second kappa shape index (κ2) is 11.5. The van der Waals surface area contributed by atoms with Gasteiger partial charge in [-0.2, -0.15) is 13.2 Å². The molecule has 1 aliphatic heterocycles. The van der Waals surface area contributed by atoms with E-state index in [0.29, 0.717) is 43.9 Å². The van der Waals surface area contributed by atoms with Crippen LogP contribution in [0.15, 0.2) is 67.1 Å². The Labute approximate surface area is 212 Å². The molecule has 7 nitrogen and oxygen atoms in total. The first kappa shape index (κ1) is 26.3. The van der Waals surface area contributed by atoms with Gasteiger partial charge in [0.05, 0.1) is 29.5 Å². The minimum absolute atomic E-state index is 0.0305. The van der Waals surface area contributed by atoms with E-state index >= 15 is 0 Å². The number of nitrogens with zero attached hydrogens (tertiary/aromatic N) is 2. The summed E-state index contributed by atoms with van der Waals surface area (Å²) in [5, 5.41) is 5.76. The number of hydrogen-bond acceptors (Lipinski definition) is 6. The van der Waals surface area contributed by atoms with Crippen LogP contribution in [-0.4, -0.2) is 34.9 Å². The molecule has 1 amide bonds. The molecule has 0 saturated carbocycles. The number of carbonyl (C=O) groups is 2. The summed E-state index contributed by atoms with van der Waals surface area (Å²) >= 11 is 0. The lowest BCUT2D eigenvalue weighted by Crippen LogP contribution is -2.41. The number of rotatable bonds is 10. The maximum Gasteiger partial charge on any atom is 0.418 e. The summed E-state index contributed by atoms with van der Waals surface area (Å²) in [6.07, 6.45) is 1.80.